The zero-order valence-corrected chi connectivity index (χ0v) is 16.9. The molecule has 0 atom stereocenters. The summed E-state index contributed by atoms with van der Waals surface area (Å²) in [6, 6.07) is 10.1. The minimum Gasteiger partial charge on any atom is -0.326 e. The second kappa shape index (κ2) is 7.69. The predicted octanol–water partition coefficient (Wildman–Crippen LogP) is 2.77. The number of aromatic nitrogens is 1. The number of fused-ring (bicyclic) bond motifs is 1. The van der Waals surface area contributed by atoms with Crippen LogP contribution in [0.2, 0.25) is 0 Å². The van der Waals surface area contributed by atoms with Crippen molar-refractivity contribution in [1.29, 1.82) is 0 Å². The number of anilines is 1. The monoisotopic (exact) mass is 435 g/mol. The van der Waals surface area contributed by atoms with E-state index >= 15 is 0 Å². The summed E-state index contributed by atoms with van der Waals surface area (Å²) in [7, 11) is -3.71. The third kappa shape index (κ3) is 4.09. The lowest BCUT2D eigenvalue weighted by Crippen LogP contribution is -2.41. The number of rotatable bonds is 4. The maximum absolute atomic E-state index is 13.0. The molecule has 1 saturated heterocycles. The van der Waals surface area contributed by atoms with Crippen LogP contribution in [0.5, 0.6) is 0 Å². The van der Waals surface area contributed by atoms with Crippen LogP contribution < -0.4 is 10.2 Å². The number of amides is 1. The SMILES string of the molecule is O=C(Nc1ccc(F)cc1)C1CCN(S(=O)(=O)c2ccc3[nH]c(=O)sc3c2)CC1. The Morgan fingerprint density at radius 1 is 1.14 bits per heavy atom. The van der Waals surface area contributed by atoms with E-state index in [9.17, 15) is 22.4 Å². The van der Waals surface area contributed by atoms with Gasteiger partial charge in [0.25, 0.3) is 0 Å². The number of nitrogens with one attached hydrogen (secondary N) is 2. The van der Waals surface area contributed by atoms with Crippen molar-refractivity contribution < 1.29 is 17.6 Å². The number of benzene rings is 2. The summed E-state index contributed by atoms with van der Waals surface area (Å²) >= 11 is 0.965. The van der Waals surface area contributed by atoms with Crippen LogP contribution in [0.25, 0.3) is 10.2 Å². The van der Waals surface area contributed by atoms with Crippen LogP contribution in [-0.4, -0.2) is 36.7 Å². The molecule has 0 spiro atoms. The van der Waals surface area contributed by atoms with Crippen molar-refractivity contribution in [3.63, 3.8) is 0 Å². The smallest absolute Gasteiger partial charge is 0.305 e. The summed E-state index contributed by atoms with van der Waals surface area (Å²) in [6.07, 6.45) is 0.790. The van der Waals surface area contributed by atoms with E-state index in [-0.39, 0.29) is 40.5 Å². The number of halogens is 1. The number of hydrogen-bond donors (Lipinski definition) is 2. The van der Waals surface area contributed by atoms with E-state index in [4.69, 9.17) is 0 Å². The third-order valence-electron chi connectivity index (χ3n) is 4.97. The maximum Gasteiger partial charge on any atom is 0.305 e. The molecule has 2 N–H and O–H groups in total. The zero-order valence-electron chi connectivity index (χ0n) is 15.2. The molecule has 0 aliphatic carbocycles. The number of piperidine rings is 1. The van der Waals surface area contributed by atoms with Crippen LogP contribution in [0.3, 0.4) is 0 Å². The van der Waals surface area contributed by atoms with E-state index < -0.39 is 10.0 Å². The molecule has 0 radical (unpaired) electrons. The average Bonchev–Trinajstić information content (AvgIpc) is 3.09. The van der Waals surface area contributed by atoms with E-state index in [2.05, 4.69) is 10.3 Å². The first-order chi connectivity index (χ1) is 13.8. The lowest BCUT2D eigenvalue weighted by molar-refractivity contribution is -0.120. The largest absolute Gasteiger partial charge is 0.326 e. The molecule has 0 bridgehead atoms. The van der Waals surface area contributed by atoms with Gasteiger partial charge in [0.05, 0.1) is 15.1 Å². The molecule has 4 rings (SSSR count). The van der Waals surface area contributed by atoms with Crippen molar-refractivity contribution in [1.82, 2.24) is 9.29 Å². The summed E-state index contributed by atoms with van der Waals surface area (Å²) < 4.78 is 40.8. The topological polar surface area (TPSA) is 99.3 Å². The number of nitrogens with zero attached hydrogens (tertiary/aromatic N) is 1. The van der Waals surface area contributed by atoms with E-state index in [0.29, 0.717) is 28.7 Å². The molecule has 7 nitrogen and oxygen atoms in total. The number of aromatic amines is 1. The van der Waals surface area contributed by atoms with Crippen LogP contribution in [0.15, 0.2) is 52.2 Å². The van der Waals surface area contributed by atoms with E-state index in [1.54, 1.807) is 6.07 Å². The molecule has 3 aromatic rings. The highest BCUT2D eigenvalue weighted by atomic mass is 32.2. The van der Waals surface area contributed by atoms with Crippen LogP contribution in [0.4, 0.5) is 10.1 Å². The van der Waals surface area contributed by atoms with Crippen LogP contribution in [0.1, 0.15) is 12.8 Å². The van der Waals surface area contributed by atoms with Crippen LogP contribution in [0, 0.1) is 11.7 Å². The Bertz CT molecular complexity index is 1210. The van der Waals surface area contributed by atoms with Gasteiger partial charge in [-0.15, -0.1) is 0 Å². The van der Waals surface area contributed by atoms with Crippen molar-refractivity contribution in [2.45, 2.75) is 17.7 Å². The molecule has 152 valence electrons. The minimum absolute atomic E-state index is 0.134. The number of thiazole rings is 1. The fourth-order valence-electron chi connectivity index (χ4n) is 3.37. The Morgan fingerprint density at radius 2 is 1.83 bits per heavy atom. The normalized spacial score (nSPS) is 16.2. The molecule has 29 heavy (non-hydrogen) atoms. The molecule has 10 heteroatoms. The van der Waals surface area contributed by atoms with Gasteiger partial charge in [-0.1, -0.05) is 11.3 Å². The Labute approximate surface area is 170 Å². The van der Waals surface area contributed by atoms with Gasteiger partial charge < -0.3 is 10.3 Å². The Balaban J connectivity index is 1.43. The highest BCUT2D eigenvalue weighted by Gasteiger charge is 2.32. The van der Waals surface area contributed by atoms with Crippen molar-refractivity contribution in [3.05, 3.63) is 57.9 Å². The highest BCUT2D eigenvalue weighted by molar-refractivity contribution is 7.89. The molecule has 1 aliphatic heterocycles. The van der Waals surface area contributed by atoms with Crippen molar-refractivity contribution in [3.8, 4) is 0 Å². The first-order valence-corrected chi connectivity index (χ1v) is 11.3. The molecule has 2 heterocycles. The van der Waals surface area contributed by atoms with Gasteiger partial charge in [0.1, 0.15) is 5.82 Å². The third-order valence-corrected chi connectivity index (χ3v) is 7.71. The fraction of sp³-hybridized carbons (Fsp3) is 0.263. The first-order valence-electron chi connectivity index (χ1n) is 9.02. The highest BCUT2D eigenvalue weighted by Crippen LogP contribution is 2.27. The second-order valence-electron chi connectivity index (χ2n) is 6.85. The molecule has 1 aromatic heterocycles. The molecule has 0 unspecified atom stereocenters. The van der Waals surface area contributed by atoms with Gasteiger partial charge in [-0.05, 0) is 55.3 Å². The molecular weight excluding hydrogens is 417 g/mol. The zero-order chi connectivity index (χ0) is 20.6. The predicted molar refractivity (Wildman–Crippen MR) is 109 cm³/mol. The van der Waals surface area contributed by atoms with Gasteiger partial charge in [-0.3, -0.25) is 9.59 Å². The Morgan fingerprint density at radius 3 is 2.52 bits per heavy atom. The van der Waals surface area contributed by atoms with Gasteiger partial charge in [-0.2, -0.15) is 4.31 Å². The van der Waals surface area contributed by atoms with Gasteiger partial charge in [0.2, 0.25) is 15.9 Å². The molecule has 2 aromatic carbocycles. The number of hydrogen-bond acceptors (Lipinski definition) is 5. The number of H-pyrrole nitrogens is 1. The molecule has 1 aliphatic rings. The summed E-state index contributed by atoms with van der Waals surface area (Å²) in [6.45, 7) is 0.455. The first kappa shape index (κ1) is 19.7. The van der Waals surface area contributed by atoms with Crippen molar-refractivity contribution >= 4 is 43.2 Å². The second-order valence-corrected chi connectivity index (χ2v) is 9.80. The number of carbonyl (C=O) groups is 1. The Hall–Kier alpha value is -2.56. The number of carbonyl (C=O) groups excluding carboxylic acids is 1. The molecule has 0 saturated carbocycles. The van der Waals surface area contributed by atoms with E-state index in [1.165, 1.54) is 40.7 Å². The van der Waals surface area contributed by atoms with Gasteiger partial charge in [0.15, 0.2) is 0 Å². The van der Waals surface area contributed by atoms with Gasteiger partial charge in [0, 0.05) is 24.7 Å². The summed E-state index contributed by atoms with van der Waals surface area (Å²) in [5.41, 5.74) is 1.11. The van der Waals surface area contributed by atoms with E-state index in [1.807, 2.05) is 0 Å². The lowest BCUT2D eigenvalue weighted by atomic mass is 9.97. The number of sulfonamides is 1. The van der Waals surface area contributed by atoms with Crippen LogP contribution in [-0.2, 0) is 14.8 Å². The van der Waals surface area contributed by atoms with Crippen molar-refractivity contribution in [2.24, 2.45) is 5.92 Å². The maximum atomic E-state index is 13.0. The van der Waals surface area contributed by atoms with Crippen molar-refractivity contribution in [2.75, 3.05) is 18.4 Å². The quantitative estimate of drug-likeness (QED) is 0.658. The fourth-order valence-corrected chi connectivity index (χ4v) is 5.72. The summed E-state index contributed by atoms with van der Waals surface area (Å²) in [5, 5.41) is 2.74. The molecule has 1 amide bonds. The molecular formula is C19H18FN3O4S2. The minimum atomic E-state index is -3.71. The van der Waals surface area contributed by atoms with Gasteiger partial charge in [-0.25, -0.2) is 12.8 Å². The Kier molecular flexibility index (Phi) is 5.24. The summed E-state index contributed by atoms with van der Waals surface area (Å²) in [5.74, 6) is -0.900. The molecule has 1 fully saturated rings. The average molecular weight is 436 g/mol. The van der Waals surface area contributed by atoms with Gasteiger partial charge >= 0.3 is 4.87 Å². The van der Waals surface area contributed by atoms with Crippen LogP contribution >= 0.6 is 11.3 Å². The summed E-state index contributed by atoms with van der Waals surface area (Å²) in [4.78, 5) is 26.4. The lowest BCUT2D eigenvalue weighted by Gasteiger charge is -2.30. The van der Waals surface area contributed by atoms with E-state index in [0.717, 1.165) is 11.3 Å². The standard InChI is InChI=1S/C19H18FN3O4S2/c20-13-1-3-14(4-2-13)21-18(24)12-7-9-23(10-8-12)29(26,27)15-5-6-16-17(11-15)28-19(25)22-16/h1-6,11-12H,7-10H2,(H,21,24)(H,22,25).